The highest BCUT2D eigenvalue weighted by molar-refractivity contribution is 7.99. The lowest BCUT2D eigenvalue weighted by atomic mass is 9.66. The average Bonchev–Trinajstić information content (AvgIpc) is 2.08. The van der Waals surface area contributed by atoms with E-state index >= 15 is 0 Å². The van der Waals surface area contributed by atoms with Crippen LogP contribution in [0.25, 0.3) is 0 Å². The molecular formula is C11H23NS. The van der Waals surface area contributed by atoms with E-state index in [4.69, 9.17) is 0 Å². The van der Waals surface area contributed by atoms with Crippen LogP contribution in [0.2, 0.25) is 0 Å². The van der Waals surface area contributed by atoms with Crippen molar-refractivity contribution in [1.29, 1.82) is 0 Å². The van der Waals surface area contributed by atoms with Crippen LogP contribution in [0, 0.1) is 5.41 Å². The van der Waals surface area contributed by atoms with Crippen LogP contribution >= 0.6 is 11.8 Å². The standard InChI is InChI=1S/C11H23NS/c1-3-13-9-5-8-11(10-12-2)6-4-7-11/h12H,3-10H2,1-2H3. The van der Waals surface area contributed by atoms with E-state index in [0.29, 0.717) is 5.41 Å². The van der Waals surface area contributed by atoms with E-state index in [0.717, 1.165) is 0 Å². The normalized spacial score (nSPS) is 19.8. The van der Waals surface area contributed by atoms with Crippen LogP contribution in [0.4, 0.5) is 0 Å². The van der Waals surface area contributed by atoms with Crippen molar-refractivity contribution in [3.63, 3.8) is 0 Å². The second kappa shape index (κ2) is 5.92. The summed E-state index contributed by atoms with van der Waals surface area (Å²) < 4.78 is 0. The van der Waals surface area contributed by atoms with Crippen LogP contribution in [0.15, 0.2) is 0 Å². The molecule has 1 aliphatic rings. The molecule has 1 saturated carbocycles. The number of thioether (sulfide) groups is 1. The summed E-state index contributed by atoms with van der Waals surface area (Å²) in [6.45, 7) is 3.49. The quantitative estimate of drug-likeness (QED) is 0.636. The molecule has 1 rings (SSSR count). The molecule has 0 unspecified atom stereocenters. The third-order valence-corrected chi connectivity index (χ3v) is 4.15. The molecule has 13 heavy (non-hydrogen) atoms. The van der Waals surface area contributed by atoms with Crippen molar-refractivity contribution in [1.82, 2.24) is 5.32 Å². The fourth-order valence-corrected chi connectivity index (χ4v) is 2.90. The summed E-state index contributed by atoms with van der Waals surface area (Å²) in [5.41, 5.74) is 0.697. The predicted octanol–water partition coefficient (Wildman–Crippen LogP) is 2.91. The SMILES string of the molecule is CCSCCCC1(CNC)CCC1. The molecule has 78 valence electrons. The van der Waals surface area contributed by atoms with Gasteiger partial charge in [-0.25, -0.2) is 0 Å². The molecular weight excluding hydrogens is 178 g/mol. The molecule has 0 aromatic rings. The summed E-state index contributed by atoms with van der Waals surface area (Å²) in [6, 6.07) is 0. The molecule has 0 atom stereocenters. The second-order valence-electron chi connectivity index (χ2n) is 4.18. The Kier molecular flexibility index (Phi) is 5.18. The largest absolute Gasteiger partial charge is 0.319 e. The Morgan fingerprint density at radius 1 is 1.38 bits per heavy atom. The highest BCUT2D eigenvalue weighted by atomic mass is 32.2. The summed E-state index contributed by atoms with van der Waals surface area (Å²) in [6.07, 6.45) is 7.25. The molecule has 0 aromatic carbocycles. The minimum atomic E-state index is 0.697. The summed E-state index contributed by atoms with van der Waals surface area (Å²) in [7, 11) is 2.08. The van der Waals surface area contributed by atoms with Crippen molar-refractivity contribution in [2.45, 2.75) is 39.0 Å². The van der Waals surface area contributed by atoms with Crippen molar-refractivity contribution in [3.05, 3.63) is 0 Å². The van der Waals surface area contributed by atoms with E-state index in [2.05, 4.69) is 31.1 Å². The lowest BCUT2D eigenvalue weighted by Gasteiger charge is -2.42. The number of hydrogen-bond acceptors (Lipinski definition) is 2. The molecule has 1 aliphatic carbocycles. The fraction of sp³-hybridized carbons (Fsp3) is 1.00. The van der Waals surface area contributed by atoms with Crippen molar-refractivity contribution in [3.8, 4) is 0 Å². The van der Waals surface area contributed by atoms with Crippen LogP contribution in [-0.4, -0.2) is 25.1 Å². The summed E-state index contributed by atoms with van der Waals surface area (Å²) in [4.78, 5) is 0. The zero-order valence-electron chi connectivity index (χ0n) is 9.07. The summed E-state index contributed by atoms with van der Waals surface area (Å²) in [5, 5.41) is 3.34. The van der Waals surface area contributed by atoms with Gasteiger partial charge in [0.2, 0.25) is 0 Å². The molecule has 0 saturated heterocycles. The molecule has 0 aliphatic heterocycles. The first-order chi connectivity index (χ1) is 6.33. The molecule has 2 heteroatoms. The van der Waals surface area contributed by atoms with Gasteiger partial charge in [-0.2, -0.15) is 11.8 Å². The molecule has 1 fully saturated rings. The third-order valence-electron chi connectivity index (χ3n) is 3.17. The number of rotatable bonds is 7. The van der Waals surface area contributed by atoms with Gasteiger partial charge in [0.1, 0.15) is 0 Å². The first kappa shape index (κ1) is 11.4. The van der Waals surface area contributed by atoms with Gasteiger partial charge in [-0.15, -0.1) is 0 Å². The Bertz CT molecular complexity index is 132. The first-order valence-electron chi connectivity index (χ1n) is 5.55. The molecule has 1 N–H and O–H groups in total. The van der Waals surface area contributed by atoms with E-state index in [1.54, 1.807) is 0 Å². The maximum Gasteiger partial charge on any atom is 0.000481 e. The van der Waals surface area contributed by atoms with Crippen LogP contribution in [0.3, 0.4) is 0 Å². The number of nitrogens with one attached hydrogen (secondary N) is 1. The van der Waals surface area contributed by atoms with E-state index in [-0.39, 0.29) is 0 Å². The van der Waals surface area contributed by atoms with Crippen molar-refractivity contribution >= 4 is 11.8 Å². The minimum Gasteiger partial charge on any atom is -0.319 e. The Hall–Kier alpha value is 0.310. The van der Waals surface area contributed by atoms with E-state index in [9.17, 15) is 0 Å². The smallest absolute Gasteiger partial charge is 0.000481 e. The van der Waals surface area contributed by atoms with Gasteiger partial charge >= 0.3 is 0 Å². The first-order valence-corrected chi connectivity index (χ1v) is 6.71. The molecule has 0 heterocycles. The highest BCUT2D eigenvalue weighted by Gasteiger charge is 2.35. The van der Waals surface area contributed by atoms with Crippen LogP contribution in [-0.2, 0) is 0 Å². The molecule has 0 bridgehead atoms. The maximum absolute atomic E-state index is 3.34. The summed E-state index contributed by atoms with van der Waals surface area (Å²) >= 11 is 2.08. The third kappa shape index (κ3) is 3.51. The molecule has 1 nitrogen and oxygen atoms in total. The predicted molar refractivity (Wildman–Crippen MR) is 62.4 cm³/mol. The minimum absolute atomic E-state index is 0.697. The van der Waals surface area contributed by atoms with Gasteiger partial charge in [0.05, 0.1) is 0 Å². The average molecular weight is 201 g/mol. The highest BCUT2D eigenvalue weighted by Crippen LogP contribution is 2.44. The van der Waals surface area contributed by atoms with Crippen LogP contribution in [0.1, 0.15) is 39.0 Å². The molecule has 0 radical (unpaired) electrons. The second-order valence-corrected chi connectivity index (χ2v) is 5.58. The van der Waals surface area contributed by atoms with Gasteiger partial charge in [-0.1, -0.05) is 13.3 Å². The van der Waals surface area contributed by atoms with Gasteiger partial charge < -0.3 is 5.32 Å². The topological polar surface area (TPSA) is 12.0 Å². The lowest BCUT2D eigenvalue weighted by molar-refractivity contribution is 0.119. The maximum atomic E-state index is 3.34. The van der Waals surface area contributed by atoms with E-state index in [1.807, 2.05) is 0 Å². The van der Waals surface area contributed by atoms with Gasteiger partial charge in [-0.3, -0.25) is 0 Å². The van der Waals surface area contributed by atoms with E-state index in [1.165, 1.54) is 50.2 Å². The Morgan fingerprint density at radius 2 is 2.15 bits per heavy atom. The fourth-order valence-electron chi connectivity index (χ4n) is 2.26. The Labute approximate surface area is 87.1 Å². The van der Waals surface area contributed by atoms with Crippen LogP contribution < -0.4 is 5.32 Å². The van der Waals surface area contributed by atoms with Gasteiger partial charge in [0.25, 0.3) is 0 Å². The number of hydrogen-bond donors (Lipinski definition) is 1. The molecule has 0 amide bonds. The van der Waals surface area contributed by atoms with Gasteiger partial charge in [-0.05, 0) is 49.7 Å². The summed E-state index contributed by atoms with van der Waals surface area (Å²) in [5.74, 6) is 2.64. The molecule has 0 spiro atoms. The van der Waals surface area contributed by atoms with Crippen LogP contribution in [0.5, 0.6) is 0 Å². The zero-order valence-corrected chi connectivity index (χ0v) is 9.88. The van der Waals surface area contributed by atoms with Gasteiger partial charge in [0, 0.05) is 6.54 Å². The van der Waals surface area contributed by atoms with Crippen molar-refractivity contribution in [2.75, 3.05) is 25.1 Å². The Balaban J connectivity index is 2.09. The lowest BCUT2D eigenvalue weighted by Crippen LogP contribution is -2.38. The molecule has 0 aromatic heterocycles. The zero-order chi connectivity index (χ0) is 9.57. The van der Waals surface area contributed by atoms with Crippen molar-refractivity contribution in [2.24, 2.45) is 5.41 Å². The van der Waals surface area contributed by atoms with Crippen molar-refractivity contribution < 1.29 is 0 Å². The van der Waals surface area contributed by atoms with Gasteiger partial charge in [0.15, 0.2) is 0 Å². The van der Waals surface area contributed by atoms with E-state index < -0.39 is 0 Å². The monoisotopic (exact) mass is 201 g/mol. The Morgan fingerprint density at radius 3 is 2.62 bits per heavy atom.